The van der Waals surface area contributed by atoms with Crippen LogP contribution in [0.25, 0.3) is 0 Å². The van der Waals surface area contributed by atoms with E-state index in [0.29, 0.717) is 63.9 Å². The molecule has 1 aromatic carbocycles. The highest BCUT2D eigenvalue weighted by atomic mass is 16.6. The summed E-state index contributed by atoms with van der Waals surface area (Å²) >= 11 is 0. The van der Waals surface area contributed by atoms with Crippen molar-refractivity contribution in [3.05, 3.63) is 47.2 Å². The van der Waals surface area contributed by atoms with Crippen molar-refractivity contribution in [2.24, 2.45) is 0 Å². The van der Waals surface area contributed by atoms with E-state index in [0.717, 1.165) is 43.5 Å². The summed E-state index contributed by atoms with van der Waals surface area (Å²) in [7, 11) is 1.37. The maximum Gasteiger partial charge on any atom is 0.410 e. The normalized spacial score (nSPS) is 19.0. The fourth-order valence-electron chi connectivity index (χ4n) is 6.85. The van der Waals surface area contributed by atoms with Crippen LogP contribution in [0.4, 0.5) is 15.4 Å². The third-order valence-electron chi connectivity index (χ3n) is 9.54. The highest BCUT2D eigenvalue weighted by molar-refractivity contribution is 5.70. The molecule has 2 unspecified atom stereocenters. The molecule has 2 atom stereocenters. The Hall–Kier alpha value is -4.68. The number of esters is 1. The summed E-state index contributed by atoms with van der Waals surface area (Å²) in [4.78, 5) is 55.2. The van der Waals surface area contributed by atoms with Gasteiger partial charge in [-0.05, 0) is 58.6 Å². The molecule has 0 aliphatic carbocycles. The number of piperazine rings is 1. The minimum atomic E-state index is -0.661. The van der Waals surface area contributed by atoms with Crippen molar-refractivity contribution in [1.82, 2.24) is 24.7 Å². The van der Waals surface area contributed by atoms with E-state index in [9.17, 15) is 19.6 Å². The van der Waals surface area contributed by atoms with Gasteiger partial charge >= 0.3 is 24.2 Å². The van der Waals surface area contributed by atoms with E-state index in [2.05, 4.69) is 20.6 Å². The minimum Gasteiger partial charge on any atom is -0.469 e. The Kier molecular flexibility index (Phi) is 14.1. The second kappa shape index (κ2) is 18.9. The van der Waals surface area contributed by atoms with Gasteiger partial charge in [-0.25, -0.2) is 9.59 Å². The van der Waals surface area contributed by atoms with Gasteiger partial charge in [-0.3, -0.25) is 9.69 Å². The van der Waals surface area contributed by atoms with Crippen LogP contribution in [0.3, 0.4) is 0 Å². The molecular formula is C38H53N7O8. The number of benzene rings is 1. The second-order valence-electron chi connectivity index (χ2n) is 14.5. The largest absolute Gasteiger partial charge is 0.469 e. The number of aromatic nitrogens is 2. The van der Waals surface area contributed by atoms with Crippen molar-refractivity contribution in [2.75, 3.05) is 71.1 Å². The van der Waals surface area contributed by atoms with Crippen LogP contribution >= 0.6 is 0 Å². The van der Waals surface area contributed by atoms with Crippen molar-refractivity contribution < 1.29 is 38.1 Å². The molecule has 15 heteroatoms. The van der Waals surface area contributed by atoms with E-state index in [4.69, 9.17) is 28.9 Å². The molecule has 15 nitrogen and oxygen atoms in total. The summed E-state index contributed by atoms with van der Waals surface area (Å²) in [5.74, 6) is 0.413. The summed E-state index contributed by atoms with van der Waals surface area (Å²) in [5.41, 5.74) is 1.85. The number of ether oxygens (including phenoxy) is 5. The number of methoxy groups -OCH3 is 1. The van der Waals surface area contributed by atoms with Gasteiger partial charge in [0.05, 0.1) is 50.9 Å². The average molecular weight is 736 g/mol. The molecule has 3 aliphatic heterocycles. The molecule has 2 aromatic rings. The predicted molar refractivity (Wildman–Crippen MR) is 194 cm³/mol. The number of likely N-dealkylation sites (tertiary alicyclic amines) is 1. The van der Waals surface area contributed by atoms with Crippen molar-refractivity contribution in [3.8, 4) is 12.1 Å². The maximum absolute atomic E-state index is 13.2. The lowest BCUT2D eigenvalue weighted by molar-refractivity contribution is -0.141. The Bertz CT molecular complexity index is 1580. The molecule has 0 spiro atoms. The lowest BCUT2D eigenvalue weighted by Gasteiger charge is -2.42. The molecule has 5 rings (SSSR count). The fraction of sp³-hybridized carbons (Fsp3) is 0.632. The lowest BCUT2D eigenvalue weighted by atomic mass is 10.0. The van der Waals surface area contributed by atoms with Gasteiger partial charge in [0.25, 0.3) is 0 Å². The third kappa shape index (κ3) is 11.4. The quantitative estimate of drug-likeness (QED) is 0.154. The number of nitrogens with zero attached hydrogens (tertiary/aromatic N) is 7. The Labute approximate surface area is 312 Å². The van der Waals surface area contributed by atoms with E-state index >= 15 is 0 Å². The van der Waals surface area contributed by atoms with E-state index < -0.39 is 23.8 Å². The molecule has 0 saturated carbocycles. The van der Waals surface area contributed by atoms with Crippen LogP contribution in [0.15, 0.2) is 30.3 Å². The van der Waals surface area contributed by atoms with E-state index in [1.807, 2.05) is 51.1 Å². The fourth-order valence-corrected chi connectivity index (χ4v) is 6.85. The lowest BCUT2D eigenvalue weighted by Crippen LogP contribution is -2.56. The van der Waals surface area contributed by atoms with Crippen LogP contribution in [0.1, 0.15) is 69.7 Å². The smallest absolute Gasteiger partial charge is 0.410 e. The first-order valence-corrected chi connectivity index (χ1v) is 18.5. The molecule has 1 aromatic heterocycles. The van der Waals surface area contributed by atoms with Gasteiger partial charge < -0.3 is 38.4 Å². The van der Waals surface area contributed by atoms with Crippen LogP contribution in [0.5, 0.6) is 6.01 Å². The Morgan fingerprint density at radius 1 is 1.00 bits per heavy atom. The SMILES string of the molecule is COC(=O)CCOCCCN1CCCC1COc1nc2c(c(N3CCN(C(=O)OC(C)(C)C)C(CC#N)C3)n1)CCN(C(=O)OCc1ccccc1)C2. The van der Waals surface area contributed by atoms with Gasteiger partial charge in [-0.15, -0.1) is 0 Å². The highest BCUT2D eigenvalue weighted by Gasteiger charge is 2.36. The number of anilines is 1. The topological polar surface area (TPSA) is 160 Å². The maximum atomic E-state index is 13.2. The summed E-state index contributed by atoms with van der Waals surface area (Å²) < 4.78 is 27.9. The Balaban J connectivity index is 1.29. The monoisotopic (exact) mass is 735 g/mol. The molecule has 3 aliphatic rings. The highest BCUT2D eigenvalue weighted by Crippen LogP contribution is 2.32. The number of carbonyl (C=O) groups is 3. The van der Waals surface area contributed by atoms with Gasteiger partial charge in [0, 0.05) is 50.9 Å². The predicted octanol–water partition coefficient (Wildman–Crippen LogP) is 4.32. The summed E-state index contributed by atoms with van der Waals surface area (Å²) in [6.07, 6.45) is 2.89. The van der Waals surface area contributed by atoms with Crippen molar-refractivity contribution in [1.29, 1.82) is 5.26 Å². The standard InChI is InChI=1S/C38H53N7O8/c1-38(2,3)53-37(48)45-21-20-43(24-29(45)13-16-39)34-31-14-19-44(36(47)52-26-28-10-6-5-7-11-28)25-32(31)40-35(41-34)51-27-30-12-8-17-42(30)18-9-22-50-23-15-33(46)49-4/h5-7,10-11,29-30H,8-9,12-15,17-27H2,1-4H3. The van der Waals surface area contributed by atoms with E-state index in [1.165, 1.54) is 7.11 Å². The first kappa shape index (κ1) is 39.5. The molecule has 0 N–H and O–H groups in total. The summed E-state index contributed by atoms with van der Waals surface area (Å²) in [6, 6.07) is 11.8. The van der Waals surface area contributed by atoms with Crippen LogP contribution < -0.4 is 9.64 Å². The zero-order chi connectivity index (χ0) is 37.8. The summed E-state index contributed by atoms with van der Waals surface area (Å²) in [6.45, 7) is 10.6. The van der Waals surface area contributed by atoms with Gasteiger partial charge in [-0.2, -0.15) is 15.2 Å². The molecule has 0 bridgehead atoms. The second-order valence-corrected chi connectivity index (χ2v) is 14.5. The van der Waals surface area contributed by atoms with E-state index in [-0.39, 0.29) is 44.0 Å². The van der Waals surface area contributed by atoms with Crippen molar-refractivity contribution in [2.45, 2.75) is 90.1 Å². The zero-order valence-corrected chi connectivity index (χ0v) is 31.5. The third-order valence-corrected chi connectivity index (χ3v) is 9.54. The van der Waals surface area contributed by atoms with Gasteiger partial charge in [-0.1, -0.05) is 30.3 Å². The number of hydrogen-bond acceptors (Lipinski definition) is 13. The first-order valence-electron chi connectivity index (χ1n) is 18.5. The van der Waals surface area contributed by atoms with Crippen LogP contribution in [0, 0.1) is 11.3 Å². The first-order chi connectivity index (χ1) is 25.5. The number of hydrogen-bond donors (Lipinski definition) is 0. The number of fused-ring (bicyclic) bond motifs is 1. The van der Waals surface area contributed by atoms with Gasteiger partial charge in [0.15, 0.2) is 0 Å². The van der Waals surface area contributed by atoms with Crippen LogP contribution in [-0.4, -0.2) is 127 Å². The molecular weight excluding hydrogens is 682 g/mol. The number of carbonyl (C=O) groups excluding carboxylic acids is 3. The molecule has 53 heavy (non-hydrogen) atoms. The summed E-state index contributed by atoms with van der Waals surface area (Å²) in [5, 5.41) is 9.69. The van der Waals surface area contributed by atoms with Crippen molar-refractivity contribution in [3.63, 3.8) is 0 Å². The molecule has 2 saturated heterocycles. The van der Waals surface area contributed by atoms with Crippen molar-refractivity contribution >= 4 is 24.0 Å². The molecule has 2 amide bonds. The van der Waals surface area contributed by atoms with Crippen LogP contribution in [-0.2, 0) is 43.3 Å². The number of amides is 2. The average Bonchev–Trinajstić information content (AvgIpc) is 3.60. The Morgan fingerprint density at radius 3 is 2.57 bits per heavy atom. The van der Waals surface area contributed by atoms with Gasteiger partial charge in [0.1, 0.15) is 24.6 Å². The molecule has 0 radical (unpaired) electrons. The van der Waals surface area contributed by atoms with Gasteiger partial charge in [0.2, 0.25) is 0 Å². The molecule has 288 valence electrons. The van der Waals surface area contributed by atoms with E-state index in [1.54, 1.807) is 9.80 Å². The Morgan fingerprint density at radius 2 is 1.81 bits per heavy atom. The number of nitriles is 1. The van der Waals surface area contributed by atoms with Crippen LogP contribution in [0.2, 0.25) is 0 Å². The minimum absolute atomic E-state index is 0.140. The number of rotatable bonds is 14. The molecule has 4 heterocycles. The zero-order valence-electron chi connectivity index (χ0n) is 31.5. The molecule has 2 fully saturated rings.